The first kappa shape index (κ1) is 10.9. The maximum Gasteiger partial charge on any atom is 0.0337 e. The van der Waals surface area contributed by atoms with Crippen LogP contribution >= 0.6 is 0 Å². The van der Waals surface area contributed by atoms with Crippen molar-refractivity contribution in [3.05, 3.63) is 29.8 Å². The van der Waals surface area contributed by atoms with Crippen molar-refractivity contribution in [1.82, 2.24) is 0 Å². The van der Waals surface area contributed by atoms with E-state index in [0.29, 0.717) is 5.41 Å². The molecule has 0 amide bonds. The molecule has 0 aromatic heterocycles. The van der Waals surface area contributed by atoms with Gasteiger partial charge < -0.3 is 5.32 Å². The van der Waals surface area contributed by atoms with E-state index >= 15 is 0 Å². The molecule has 0 heterocycles. The van der Waals surface area contributed by atoms with E-state index in [1.54, 1.807) is 5.56 Å². The summed E-state index contributed by atoms with van der Waals surface area (Å²) in [7, 11) is 2.00. The molecular weight excluding hydrogens is 218 g/mol. The first-order valence-corrected chi connectivity index (χ1v) is 7.56. The minimum Gasteiger partial charge on any atom is -0.388 e. The van der Waals surface area contributed by atoms with E-state index in [4.69, 9.17) is 0 Å². The highest BCUT2D eigenvalue weighted by Crippen LogP contribution is 2.60. The number of hydrogen-bond acceptors (Lipinski definition) is 1. The lowest BCUT2D eigenvalue weighted by molar-refractivity contribution is -0.00518. The molecular formula is C17H23N. The van der Waals surface area contributed by atoms with Crippen LogP contribution < -0.4 is 5.32 Å². The Balaban J connectivity index is 1.70. The first-order valence-electron chi connectivity index (χ1n) is 7.56. The lowest BCUT2D eigenvalue weighted by atomic mass is 9.48. The minimum absolute atomic E-state index is 0.557. The van der Waals surface area contributed by atoms with Crippen molar-refractivity contribution in [2.75, 3.05) is 12.4 Å². The molecule has 1 nitrogen and oxygen atoms in total. The highest BCUT2D eigenvalue weighted by atomic mass is 14.8. The largest absolute Gasteiger partial charge is 0.388 e. The maximum absolute atomic E-state index is 3.23. The van der Waals surface area contributed by atoms with Crippen LogP contribution in [0.4, 0.5) is 5.69 Å². The average molecular weight is 241 g/mol. The zero-order valence-electron chi connectivity index (χ0n) is 11.3. The van der Waals surface area contributed by atoms with Gasteiger partial charge in [0.15, 0.2) is 0 Å². The summed E-state index contributed by atoms with van der Waals surface area (Å²) in [6.45, 7) is 0. The third-order valence-corrected chi connectivity index (χ3v) is 5.82. The highest BCUT2D eigenvalue weighted by molar-refractivity contribution is 5.46. The van der Waals surface area contributed by atoms with Crippen LogP contribution in [0, 0.1) is 17.8 Å². The van der Waals surface area contributed by atoms with E-state index in [1.807, 2.05) is 7.05 Å². The molecule has 4 aliphatic rings. The average Bonchev–Trinajstić information content (AvgIpc) is 2.37. The normalized spacial score (nSPS) is 41.1. The standard InChI is InChI=1S/C17H23N/c1-18-16-4-2-15(3-5-16)17-9-12-6-13(10-17)8-14(7-12)11-17/h2-5,12-14,18H,6-11H2,1H3. The molecule has 4 saturated carbocycles. The van der Waals surface area contributed by atoms with E-state index < -0.39 is 0 Å². The fourth-order valence-electron chi connectivity index (χ4n) is 5.45. The first-order chi connectivity index (χ1) is 8.77. The Morgan fingerprint density at radius 1 is 0.889 bits per heavy atom. The Kier molecular flexibility index (Phi) is 2.27. The molecule has 0 radical (unpaired) electrons. The molecule has 18 heavy (non-hydrogen) atoms. The van der Waals surface area contributed by atoms with Crippen LogP contribution in [-0.2, 0) is 5.41 Å². The molecule has 0 unspecified atom stereocenters. The van der Waals surface area contributed by atoms with Gasteiger partial charge in [-0.1, -0.05) is 12.1 Å². The van der Waals surface area contributed by atoms with E-state index in [2.05, 4.69) is 29.6 Å². The third kappa shape index (κ3) is 1.52. The molecule has 0 aliphatic heterocycles. The SMILES string of the molecule is CNc1ccc(C23CC4CC(CC(C4)C2)C3)cc1. The molecule has 96 valence electrons. The molecule has 4 fully saturated rings. The van der Waals surface area contributed by atoms with Crippen molar-refractivity contribution in [2.24, 2.45) is 17.8 Å². The molecule has 1 aromatic carbocycles. The van der Waals surface area contributed by atoms with Gasteiger partial charge in [-0.25, -0.2) is 0 Å². The third-order valence-electron chi connectivity index (χ3n) is 5.82. The van der Waals surface area contributed by atoms with E-state index in [-0.39, 0.29) is 0 Å². The van der Waals surface area contributed by atoms with Gasteiger partial charge in [-0.05, 0) is 79.4 Å². The van der Waals surface area contributed by atoms with Crippen molar-refractivity contribution >= 4 is 5.69 Å². The van der Waals surface area contributed by atoms with Crippen molar-refractivity contribution in [3.8, 4) is 0 Å². The van der Waals surface area contributed by atoms with E-state index in [9.17, 15) is 0 Å². The Hall–Kier alpha value is -0.980. The summed E-state index contributed by atoms with van der Waals surface area (Å²) in [6.07, 6.45) is 9.02. The predicted octanol–water partition coefficient (Wildman–Crippen LogP) is 4.20. The lowest BCUT2D eigenvalue weighted by Crippen LogP contribution is -2.48. The molecule has 1 N–H and O–H groups in total. The Labute approximate surface area is 110 Å². The van der Waals surface area contributed by atoms with Crippen LogP contribution in [0.2, 0.25) is 0 Å². The summed E-state index contributed by atoms with van der Waals surface area (Å²) < 4.78 is 0. The van der Waals surface area contributed by atoms with Gasteiger partial charge in [-0.2, -0.15) is 0 Å². The van der Waals surface area contributed by atoms with Gasteiger partial charge >= 0.3 is 0 Å². The zero-order valence-corrected chi connectivity index (χ0v) is 11.3. The summed E-state index contributed by atoms with van der Waals surface area (Å²) in [5.74, 6) is 3.13. The molecule has 4 bridgehead atoms. The number of benzene rings is 1. The quantitative estimate of drug-likeness (QED) is 0.818. The monoisotopic (exact) mass is 241 g/mol. The van der Waals surface area contributed by atoms with E-state index in [0.717, 1.165) is 17.8 Å². The molecule has 0 atom stereocenters. The van der Waals surface area contributed by atoms with E-state index in [1.165, 1.54) is 44.2 Å². The Bertz CT molecular complexity index is 410. The number of hydrogen-bond donors (Lipinski definition) is 1. The smallest absolute Gasteiger partial charge is 0.0337 e. The van der Waals surface area contributed by atoms with Crippen LogP contribution in [0.5, 0.6) is 0 Å². The summed E-state index contributed by atoms with van der Waals surface area (Å²) in [5, 5.41) is 3.23. The van der Waals surface area contributed by atoms with Crippen molar-refractivity contribution in [1.29, 1.82) is 0 Å². The van der Waals surface area contributed by atoms with Gasteiger partial charge in [0.25, 0.3) is 0 Å². The number of anilines is 1. The summed E-state index contributed by atoms with van der Waals surface area (Å²) in [6, 6.07) is 9.29. The van der Waals surface area contributed by atoms with Crippen molar-refractivity contribution in [3.63, 3.8) is 0 Å². The van der Waals surface area contributed by atoms with Crippen LogP contribution in [0.25, 0.3) is 0 Å². The van der Waals surface area contributed by atoms with Crippen LogP contribution in [-0.4, -0.2) is 7.05 Å². The predicted molar refractivity (Wildman–Crippen MR) is 75.8 cm³/mol. The Morgan fingerprint density at radius 2 is 1.39 bits per heavy atom. The van der Waals surface area contributed by atoms with Crippen LogP contribution in [0.15, 0.2) is 24.3 Å². The van der Waals surface area contributed by atoms with Gasteiger partial charge in [0.2, 0.25) is 0 Å². The van der Waals surface area contributed by atoms with Crippen LogP contribution in [0.3, 0.4) is 0 Å². The summed E-state index contributed by atoms with van der Waals surface area (Å²) in [5.41, 5.74) is 3.42. The number of nitrogens with one attached hydrogen (secondary N) is 1. The minimum atomic E-state index is 0.557. The van der Waals surface area contributed by atoms with Crippen molar-refractivity contribution < 1.29 is 0 Å². The molecule has 1 aromatic rings. The fourth-order valence-corrected chi connectivity index (χ4v) is 5.45. The molecule has 1 heteroatoms. The second kappa shape index (κ2) is 3.76. The van der Waals surface area contributed by atoms with Crippen molar-refractivity contribution in [2.45, 2.75) is 43.9 Å². The molecule has 0 saturated heterocycles. The number of rotatable bonds is 2. The fraction of sp³-hybridized carbons (Fsp3) is 0.647. The zero-order chi connectivity index (χ0) is 12.2. The molecule has 4 aliphatic carbocycles. The van der Waals surface area contributed by atoms with Gasteiger partial charge in [-0.3, -0.25) is 0 Å². The van der Waals surface area contributed by atoms with Gasteiger partial charge in [-0.15, -0.1) is 0 Å². The second-order valence-electron chi connectivity index (χ2n) is 7.03. The topological polar surface area (TPSA) is 12.0 Å². The second-order valence-corrected chi connectivity index (χ2v) is 7.03. The molecule has 0 spiro atoms. The summed E-state index contributed by atoms with van der Waals surface area (Å²) in [4.78, 5) is 0. The van der Waals surface area contributed by atoms with Gasteiger partial charge in [0.1, 0.15) is 0 Å². The van der Waals surface area contributed by atoms with Crippen LogP contribution in [0.1, 0.15) is 44.1 Å². The maximum atomic E-state index is 3.23. The lowest BCUT2D eigenvalue weighted by Gasteiger charge is -2.57. The Morgan fingerprint density at radius 3 is 1.83 bits per heavy atom. The highest BCUT2D eigenvalue weighted by Gasteiger charge is 2.51. The van der Waals surface area contributed by atoms with Gasteiger partial charge in [0.05, 0.1) is 0 Å². The van der Waals surface area contributed by atoms with Gasteiger partial charge in [0, 0.05) is 12.7 Å². The summed E-state index contributed by atoms with van der Waals surface area (Å²) >= 11 is 0. The molecule has 5 rings (SSSR count).